The molecule has 0 bridgehead atoms. The Hall–Kier alpha value is -1.49. The first-order valence-electron chi connectivity index (χ1n) is 5.17. The van der Waals surface area contributed by atoms with Gasteiger partial charge in [0.05, 0.1) is 5.56 Å². The maximum Gasteiger partial charge on any atom is 0.256 e. The normalized spacial score (nSPS) is 12.2. The van der Waals surface area contributed by atoms with E-state index in [1.807, 2.05) is 6.92 Å². The summed E-state index contributed by atoms with van der Waals surface area (Å²) in [4.78, 5) is 15.0. The standard InChI is InChI=1S/C11H15FN2O2/c1-8(4-3-7-15)14-11(16)9-5-2-6-13-10(9)12/h2,5-6,8,15H,3-4,7H2,1H3,(H,14,16). The zero-order valence-electron chi connectivity index (χ0n) is 9.11. The number of hydrogen-bond donors (Lipinski definition) is 2. The summed E-state index contributed by atoms with van der Waals surface area (Å²) in [6.45, 7) is 1.89. The van der Waals surface area contributed by atoms with Gasteiger partial charge in [0.15, 0.2) is 0 Å². The van der Waals surface area contributed by atoms with Gasteiger partial charge in [-0.25, -0.2) is 4.98 Å². The second kappa shape index (κ2) is 6.17. The third-order valence-corrected chi connectivity index (χ3v) is 2.18. The Balaban J connectivity index is 2.56. The first-order chi connectivity index (χ1) is 7.65. The van der Waals surface area contributed by atoms with Gasteiger partial charge in [-0.1, -0.05) is 0 Å². The van der Waals surface area contributed by atoms with Crippen LogP contribution in [0, 0.1) is 5.95 Å². The topological polar surface area (TPSA) is 62.2 Å². The number of nitrogens with zero attached hydrogens (tertiary/aromatic N) is 1. The Labute approximate surface area is 93.5 Å². The predicted octanol–water partition coefficient (Wildman–Crippen LogP) is 1.11. The van der Waals surface area contributed by atoms with Crippen LogP contribution < -0.4 is 5.32 Å². The fourth-order valence-electron chi connectivity index (χ4n) is 1.33. The number of aliphatic hydroxyl groups is 1. The van der Waals surface area contributed by atoms with Crippen LogP contribution in [0.1, 0.15) is 30.1 Å². The molecule has 1 aromatic rings. The van der Waals surface area contributed by atoms with Crippen molar-refractivity contribution in [3.63, 3.8) is 0 Å². The Morgan fingerprint density at radius 2 is 2.44 bits per heavy atom. The van der Waals surface area contributed by atoms with Crippen molar-refractivity contribution in [3.05, 3.63) is 29.8 Å². The molecule has 0 spiro atoms. The van der Waals surface area contributed by atoms with E-state index in [0.717, 1.165) is 0 Å². The average molecular weight is 226 g/mol. The average Bonchev–Trinajstić information content (AvgIpc) is 2.26. The van der Waals surface area contributed by atoms with Gasteiger partial charge in [0.2, 0.25) is 5.95 Å². The summed E-state index contributed by atoms with van der Waals surface area (Å²) in [6.07, 6.45) is 2.56. The van der Waals surface area contributed by atoms with E-state index >= 15 is 0 Å². The van der Waals surface area contributed by atoms with Crippen LogP contribution in [0.25, 0.3) is 0 Å². The third kappa shape index (κ3) is 3.58. The molecular weight excluding hydrogens is 211 g/mol. The summed E-state index contributed by atoms with van der Waals surface area (Å²) in [5.74, 6) is -1.25. The highest BCUT2D eigenvalue weighted by Gasteiger charge is 2.13. The molecule has 0 fully saturated rings. The number of rotatable bonds is 5. The number of carbonyl (C=O) groups is 1. The highest BCUT2D eigenvalue weighted by molar-refractivity contribution is 5.94. The Morgan fingerprint density at radius 1 is 1.69 bits per heavy atom. The largest absolute Gasteiger partial charge is 0.396 e. The van der Waals surface area contributed by atoms with Gasteiger partial charge in [-0.2, -0.15) is 4.39 Å². The molecule has 88 valence electrons. The third-order valence-electron chi connectivity index (χ3n) is 2.18. The van der Waals surface area contributed by atoms with Crippen LogP contribution in [0.2, 0.25) is 0 Å². The molecule has 0 saturated carbocycles. The van der Waals surface area contributed by atoms with E-state index in [1.165, 1.54) is 18.3 Å². The zero-order chi connectivity index (χ0) is 12.0. The van der Waals surface area contributed by atoms with E-state index in [2.05, 4.69) is 10.3 Å². The van der Waals surface area contributed by atoms with Gasteiger partial charge in [-0.05, 0) is 31.9 Å². The van der Waals surface area contributed by atoms with Crippen molar-refractivity contribution < 1.29 is 14.3 Å². The quantitative estimate of drug-likeness (QED) is 0.739. The molecule has 0 radical (unpaired) electrons. The van der Waals surface area contributed by atoms with Gasteiger partial charge in [-0.3, -0.25) is 4.79 Å². The van der Waals surface area contributed by atoms with Crippen molar-refractivity contribution in [1.82, 2.24) is 10.3 Å². The van der Waals surface area contributed by atoms with Crippen LogP contribution in [0.3, 0.4) is 0 Å². The molecule has 0 aromatic carbocycles. The monoisotopic (exact) mass is 226 g/mol. The molecule has 16 heavy (non-hydrogen) atoms. The first kappa shape index (κ1) is 12.6. The number of carbonyl (C=O) groups excluding carboxylic acids is 1. The van der Waals surface area contributed by atoms with E-state index in [9.17, 15) is 9.18 Å². The van der Waals surface area contributed by atoms with Gasteiger partial charge in [0.1, 0.15) is 0 Å². The number of aliphatic hydroxyl groups excluding tert-OH is 1. The summed E-state index contributed by atoms with van der Waals surface area (Å²) >= 11 is 0. The van der Waals surface area contributed by atoms with Gasteiger partial charge in [-0.15, -0.1) is 0 Å². The van der Waals surface area contributed by atoms with Gasteiger partial charge in [0, 0.05) is 18.8 Å². The van der Waals surface area contributed by atoms with Crippen LogP contribution in [-0.2, 0) is 0 Å². The lowest BCUT2D eigenvalue weighted by molar-refractivity contribution is 0.0931. The van der Waals surface area contributed by atoms with E-state index in [1.54, 1.807) is 0 Å². The second-order valence-electron chi connectivity index (χ2n) is 3.58. The van der Waals surface area contributed by atoms with Crippen molar-refractivity contribution in [3.8, 4) is 0 Å². The molecule has 0 aliphatic carbocycles. The highest BCUT2D eigenvalue weighted by Crippen LogP contribution is 2.04. The number of aromatic nitrogens is 1. The number of hydrogen-bond acceptors (Lipinski definition) is 3. The highest BCUT2D eigenvalue weighted by atomic mass is 19.1. The fourth-order valence-corrected chi connectivity index (χ4v) is 1.33. The van der Waals surface area contributed by atoms with E-state index in [-0.39, 0.29) is 18.2 Å². The lowest BCUT2D eigenvalue weighted by Crippen LogP contribution is -2.33. The molecule has 1 atom stereocenters. The molecule has 1 heterocycles. The molecule has 4 nitrogen and oxygen atoms in total. The van der Waals surface area contributed by atoms with Crippen molar-refractivity contribution in [2.75, 3.05) is 6.61 Å². The summed E-state index contributed by atoms with van der Waals surface area (Å²) in [5.41, 5.74) is -0.0571. The molecule has 1 rings (SSSR count). The molecule has 0 saturated heterocycles. The number of nitrogens with one attached hydrogen (secondary N) is 1. The summed E-state index contributed by atoms with van der Waals surface area (Å²) in [5, 5.41) is 11.3. The van der Waals surface area contributed by atoms with Crippen LogP contribution in [0.4, 0.5) is 4.39 Å². The molecule has 1 aromatic heterocycles. The molecule has 2 N–H and O–H groups in total. The van der Waals surface area contributed by atoms with Gasteiger partial charge < -0.3 is 10.4 Å². The maximum atomic E-state index is 13.1. The molecule has 1 amide bonds. The maximum absolute atomic E-state index is 13.1. The van der Waals surface area contributed by atoms with Gasteiger partial charge in [0.25, 0.3) is 5.91 Å². The minimum absolute atomic E-state index is 0.0571. The number of amides is 1. The van der Waals surface area contributed by atoms with E-state index < -0.39 is 11.9 Å². The number of pyridine rings is 1. The fraction of sp³-hybridized carbons (Fsp3) is 0.455. The Morgan fingerprint density at radius 3 is 3.06 bits per heavy atom. The Bertz CT molecular complexity index is 358. The lowest BCUT2D eigenvalue weighted by atomic mass is 10.1. The molecular formula is C11H15FN2O2. The smallest absolute Gasteiger partial charge is 0.256 e. The lowest BCUT2D eigenvalue weighted by Gasteiger charge is -2.13. The minimum atomic E-state index is -0.769. The van der Waals surface area contributed by atoms with E-state index in [4.69, 9.17) is 5.11 Å². The van der Waals surface area contributed by atoms with Crippen molar-refractivity contribution in [2.45, 2.75) is 25.8 Å². The van der Waals surface area contributed by atoms with Crippen molar-refractivity contribution >= 4 is 5.91 Å². The van der Waals surface area contributed by atoms with Gasteiger partial charge >= 0.3 is 0 Å². The summed E-state index contributed by atoms with van der Waals surface area (Å²) in [6, 6.07) is 2.80. The van der Waals surface area contributed by atoms with Crippen LogP contribution in [-0.4, -0.2) is 28.6 Å². The first-order valence-corrected chi connectivity index (χ1v) is 5.17. The Kier molecular flexibility index (Phi) is 4.85. The van der Waals surface area contributed by atoms with E-state index in [0.29, 0.717) is 12.8 Å². The summed E-state index contributed by atoms with van der Waals surface area (Å²) < 4.78 is 13.1. The van der Waals surface area contributed by atoms with Crippen LogP contribution >= 0.6 is 0 Å². The molecule has 1 unspecified atom stereocenters. The van der Waals surface area contributed by atoms with Crippen molar-refractivity contribution in [1.29, 1.82) is 0 Å². The van der Waals surface area contributed by atoms with Crippen molar-refractivity contribution in [2.24, 2.45) is 0 Å². The molecule has 0 aliphatic rings. The minimum Gasteiger partial charge on any atom is -0.396 e. The number of halogens is 1. The van der Waals surface area contributed by atoms with Crippen LogP contribution in [0.15, 0.2) is 18.3 Å². The zero-order valence-corrected chi connectivity index (χ0v) is 9.11. The molecule has 5 heteroatoms. The SMILES string of the molecule is CC(CCCO)NC(=O)c1cccnc1F. The second-order valence-corrected chi connectivity index (χ2v) is 3.58. The van der Waals surface area contributed by atoms with Crippen LogP contribution in [0.5, 0.6) is 0 Å². The molecule has 0 aliphatic heterocycles. The predicted molar refractivity (Wildman–Crippen MR) is 57.4 cm³/mol. The summed E-state index contributed by atoms with van der Waals surface area (Å²) in [7, 11) is 0.